The van der Waals surface area contributed by atoms with Gasteiger partial charge in [0.05, 0.1) is 10.9 Å². The highest BCUT2D eigenvalue weighted by Gasteiger charge is 2.24. The van der Waals surface area contributed by atoms with Crippen molar-refractivity contribution in [1.82, 2.24) is 4.98 Å². The molecule has 0 saturated heterocycles. The van der Waals surface area contributed by atoms with Gasteiger partial charge in [-0.1, -0.05) is 26.8 Å². The maximum atomic E-state index is 11.0. The van der Waals surface area contributed by atoms with Gasteiger partial charge in [0, 0.05) is 0 Å². The first-order valence-corrected chi connectivity index (χ1v) is 5.58. The van der Waals surface area contributed by atoms with Crippen LogP contribution in [0, 0.1) is 5.41 Å². The van der Waals surface area contributed by atoms with E-state index >= 15 is 0 Å². The summed E-state index contributed by atoms with van der Waals surface area (Å²) in [6.07, 6.45) is 0. The molecule has 86 valence electrons. The van der Waals surface area contributed by atoms with Gasteiger partial charge in [0.15, 0.2) is 5.58 Å². The largest absolute Gasteiger partial charge is 0.417 e. The van der Waals surface area contributed by atoms with Gasteiger partial charge in [0.1, 0.15) is 0 Å². The van der Waals surface area contributed by atoms with Gasteiger partial charge in [0.2, 0.25) is 0 Å². The maximum absolute atomic E-state index is 11.0. The van der Waals surface area contributed by atoms with Crippen LogP contribution in [0.25, 0.3) is 11.1 Å². The van der Waals surface area contributed by atoms with E-state index in [1.807, 2.05) is 18.2 Å². The maximum Gasteiger partial charge on any atom is 0.417 e. The number of aromatic amines is 1. The van der Waals surface area contributed by atoms with E-state index in [2.05, 4.69) is 25.8 Å². The first-order chi connectivity index (χ1) is 7.38. The Balaban J connectivity index is 2.50. The van der Waals surface area contributed by atoms with Crippen molar-refractivity contribution in [3.8, 4) is 0 Å². The first kappa shape index (κ1) is 11.3. The summed E-state index contributed by atoms with van der Waals surface area (Å²) in [5, 5.41) is -0.114. The standard InChI is InChI=1S/C12H14ClNO2/c1-12(2,3)10(13)7-4-5-8-9(6-7)16-11(15)14-8/h4-6,10H,1-3H3,(H,14,15). The molecule has 1 unspecified atom stereocenters. The number of alkyl halides is 1. The minimum Gasteiger partial charge on any atom is -0.408 e. The van der Waals surface area contributed by atoms with Crippen LogP contribution in [0.1, 0.15) is 31.7 Å². The van der Waals surface area contributed by atoms with Gasteiger partial charge in [-0.05, 0) is 23.1 Å². The molecule has 1 aromatic carbocycles. The Hall–Kier alpha value is -1.22. The number of halogens is 1. The van der Waals surface area contributed by atoms with Crippen molar-refractivity contribution < 1.29 is 4.42 Å². The van der Waals surface area contributed by atoms with Crippen LogP contribution < -0.4 is 5.76 Å². The minimum atomic E-state index is -0.436. The van der Waals surface area contributed by atoms with Crippen LogP contribution in [-0.2, 0) is 0 Å². The Labute approximate surface area is 98.4 Å². The number of fused-ring (bicyclic) bond motifs is 1. The molecule has 0 amide bonds. The number of oxazole rings is 1. The Bertz CT molecular complexity index is 562. The van der Waals surface area contributed by atoms with E-state index in [-0.39, 0.29) is 10.8 Å². The monoisotopic (exact) mass is 239 g/mol. The second kappa shape index (κ2) is 3.67. The van der Waals surface area contributed by atoms with Crippen LogP contribution >= 0.6 is 11.6 Å². The molecule has 3 nitrogen and oxygen atoms in total. The van der Waals surface area contributed by atoms with Gasteiger partial charge in [-0.15, -0.1) is 11.6 Å². The van der Waals surface area contributed by atoms with Gasteiger partial charge < -0.3 is 4.42 Å². The second-order valence-corrected chi connectivity index (χ2v) is 5.44. The van der Waals surface area contributed by atoms with Gasteiger partial charge >= 0.3 is 5.76 Å². The van der Waals surface area contributed by atoms with Gasteiger partial charge in [0.25, 0.3) is 0 Å². The average molecular weight is 240 g/mol. The lowest BCUT2D eigenvalue weighted by atomic mass is 9.87. The van der Waals surface area contributed by atoms with Crippen molar-refractivity contribution in [3.05, 3.63) is 34.3 Å². The number of H-pyrrole nitrogens is 1. The fourth-order valence-electron chi connectivity index (χ4n) is 1.62. The Morgan fingerprint density at radius 3 is 2.69 bits per heavy atom. The van der Waals surface area contributed by atoms with Crippen molar-refractivity contribution in [2.45, 2.75) is 26.1 Å². The number of rotatable bonds is 1. The highest BCUT2D eigenvalue weighted by molar-refractivity contribution is 6.21. The quantitative estimate of drug-likeness (QED) is 0.775. The summed E-state index contributed by atoms with van der Waals surface area (Å²) < 4.78 is 5.00. The molecule has 16 heavy (non-hydrogen) atoms. The summed E-state index contributed by atoms with van der Waals surface area (Å²) in [5.41, 5.74) is 2.18. The van der Waals surface area contributed by atoms with Crippen LogP contribution in [0.15, 0.2) is 27.4 Å². The molecule has 0 bridgehead atoms. The lowest BCUT2D eigenvalue weighted by Gasteiger charge is -2.25. The summed E-state index contributed by atoms with van der Waals surface area (Å²) in [4.78, 5) is 13.6. The van der Waals surface area contributed by atoms with Crippen LogP contribution in [0.5, 0.6) is 0 Å². The topological polar surface area (TPSA) is 46.0 Å². The number of nitrogens with one attached hydrogen (secondary N) is 1. The summed E-state index contributed by atoms with van der Waals surface area (Å²) in [7, 11) is 0. The molecule has 1 atom stereocenters. The van der Waals surface area contributed by atoms with E-state index in [0.717, 1.165) is 5.56 Å². The molecule has 0 aliphatic rings. The number of hydrogen-bond acceptors (Lipinski definition) is 2. The SMILES string of the molecule is CC(C)(C)C(Cl)c1ccc2[nH]c(=O)oc2c1. The molecule has 0 saturated carbocycles. The minimum absolute atomic E-state index is 0.0359. The molecule has 0 aliphatic heterocycles. The fourth-order valence-corrected chi connectivity index (χ4v) is 1.76. The van der Waals surface area contributed by atoms with E-state index < -0.39 is 5.76 Å². The van der Waals surface area contributed by atoms with Crippen molar-refractivity contribution in [1.29, 1.82) is 0 Å². The molecular weight excluding hydrogens is 226 g/mol. The number of hydrogen-bond donors (Lipinski definition) is 1. The molecule has 0 spiro atoms. The van der Waals surface area contributed by atoms with Gasteiger partial charge in [-0.25, -0.2) is 4.79 Å². The summed E-state index contributed by atoms with van der Waals surface area (Å²) in [6, 6.07) is 5.55. The van der Waals surface area contributed by atoms with Crippen molar-refractivity contribution in [2.75, 3.05) is 0 Å². The zero-order valence-electron chi connectivity index (χ0n) is 9.50. The molecule has 0 aliphatic carbocycles. The summed E-state index contributed by atoms with van der Waals surface area (Å²) in [6.45, 7) is 6.21. The molecule has 1 heterocycles. The Morgan fingerprint density at radius 1 is 1.38 bits per heavy atom. The van der Waals surface area contributed by atoms with Gasteiger partial charge in [-0.3, -0.25) is 4.98 Å². The van der Waals surface area contributed by atoms with Crippen LogP contribution in [0.4, 0.5) is 0 Å². The molecule has 1 N–H and O–H groups in total. The molecule has 1 aromatic heterocycles. The van der Waals surface area contributed by atoms with Crippen molar-refractivity contribution in [3.63, 3.8) is 0 Å². The first-order valence-electron chi connectivity index (χ1n) is 5.15. The highest BCUT2D eigenvalue weighted by atomic mass is 35.5. The highest BCUT2D eigenvalue weighted by Crippen LogP contribution is 2.38. The lowest BCUT2D eigenvalue weighted by molar-refractivity contribution is 0.396. The van der Waals surface area contributed by atoms with Gasteiger partial charge in [-0.2, -0.15) is 0 Å². The van der Waals surface area contributed by atoms with Crippen LogP contribution in [0.2, 0.25) is 0 Å². The number of aromatic nitrogens is 1. The Morgan fingerprint density at radius 2 is 2.06 bits per heavy atom. The predicted octanol–water partition coefficient (Wildman–Crippen LogP) is 3.45. The summed E-state index contributed by atoms with van der Waals surface area (Å²) in [5.74, 6) is -0.436. The fraction of sp³-hybridized carbons (Fsp3) is 0.417. The van der Waals surface area contributed by atoms with E-state index in [4.69, 9.17) is 16.0 Å². The molecule has 0 radical (unpaired) electrons. The Kier molecular flexibility index (Phi) is 2.58. The third-order valence-corrected chi connectivity index (χ3v) is 3.40. The van der Waals surface area contributed by atoms with Crippen molar-refractivity contribution in [2.24, 2.45) is 5.41 Å². The predicted molar refractivity (Wildman–Crippen MR) is 64.9 cm³/mol. The number of benzene rings is 1. The van der Waals surface area contributed by atoms with Crippen LogP contribution in [0.3, 0.4) is 0 Å². The van der Waals surface area contributed by atoms with E-state index in [9.17, 15) is 4.79 Å². The third-order valence-electron chi connectivity index (χ3n) is 2.50. The second-order valence-electron chi connectivity index (χ2n) is 5.00. The average Bonchev–Trinajstić information content (AvgIpc) is 2.54. The van der Waals surface area contributed by atoms with E-state index in [0.29, 0.717) is 11.1 Å². The zero-order valence-corrected chi connectivity index (χ0v) is 10.3. The molecule has 0 fully saturated rings. The normalized spacial score (nSPS) is 14.2. The zero-order chi connectivity index (χ0) is 11.9. The van der Waals surface area contributed by atoms with E-state index in [1.165, 1.54) is 0 Å². The third kappa shape index (κ3) is 2.00. The van der Waals surface area contributed by atoms with Crippen molar-refractivity contribution >= 4 is 22.7 Å². The molecular formula is C12H14ClNO2. The lowest BCUT2D eigenvalue weighted by Crippen LogP contribution is -2.12. The van der Waals surface area contributed by atoms with Crippen LogP contribution in [-0.4, -0.2) is 4.98 Å². The smallest absolute Gasteiger partial charge is 0.408 e. The van der Waals surface area contributed by atoms with E-state index in [1.54, 1.807) is 0 Å². The summed E-state index contributed by atoms with van der Waals surface area (Å²) >= 11 is 6.36. The molecule has 2 aromatic rings. The molecule has 2 rings (SSSR count). The molecule has 4 heteroatoms.